The van der Waals surface area contributed by atoms with E-state index in [2.05, 4.69) is 4.98 Å². The molecule has 1 saturated heterocycles. The normalized spacial score (nSPS) is 27.0. The number of aliphatic hydroxyl groups excluding tert-OH is 1. The number of carboxylic acid groups (broad SMARTS) is 1. The van der Waals surface area contributed by atoms with Crippen LogP contribution in [0.4, 0.5) is 0 Å². The topological polar surface area (TPSA) is 96.8 Å². The van der Waals surface area contributed by atoms with Crippen LogP contribution in [0.1, 0.15) is 18.2 Å². The van der Waals surface area contributed by atoms with E-state index in [4.69, 9.17) is 5.11 Å². The molecular weight excluding hydrogens is 272 g/mol. The summed E-state index contributed by atoms with van der Waals surface area (Å²) in [6, 6.07) is 6.96. The number of hydrogen-bond donors (Lipinski definition) is 4. The Balaban J connectivity index is 1.90. The second-order valence-electron chi connectivity index (χ2n) is 5.70. The third-order valence-electron chi connectivity index (χ3n) is 4.25. The molecule has 3 rings (SSSR count). The Hall–Kier alpha value is -2.05. The summed E-state index contributed by atoms with van der Waals surface area (Å²) in [6.45, 7) is 0.307. The number of nitrogens with zero attached hydrogens (tertiary/aromatic N) is 1. The summed E-state index contributed by atoms with van der Waals surface area (Å²) in [6.07, 6.45) is -0.491. The lowest BCUT2D eigenvalue weighted by Gasteiger charge is -2.38. The lowest BCUT2D eigenvalue weighted by molar-refractivity contribution is -0.150. The van der Waals surface area contributed by atoms with Crippen molar-refractivity contribution in [2.75, 3.05) is 13.6 Å². The van der Waals surface area contributed by atoms with Crippen molar-refractivity contribution in [1.82, 2.24) is 9.88 Å². The number of carbonyl (C=O) groups is 1. The predicted octanol–water partition coefficient (Wildman–Crippen LogP) is 1.31. The Morgan fingerprint density at radius 3 is 2.86 bits per heavy atom. The second-order valence-corrected chi connectivity index (χ2v) is 5.70. The first kappa shape index (κ1) is 13.9. The van der Waals surface area contributed by atoms with E-state index in [0.29, 0.717) is 13.0 Å². The van der Waals surface area contributed by atoms with Gasteiger partial charge in [0, 0.05) is 23.1 Å². The number of hydrogen-bond acceptors (Lipinski definition) is 4. The van der Waals surface area contributed by atoms with Gasteiger partial charge in [0.15, 0.2) is 0 Å². The lowest BCUT2D eigenvalue weighted by atomic mass is 9.89. The van der Waals surface area contributed by atoms with Crippen LogP contribution in [0.15, 0.2) is 24.3 Å². The molecular formula is C15H18N2O4. The van der Waals surface area contributed by atoms with Gasteiger partial charge in [-0.1, -0.05) is 0 Å². The average molecular weight is 290 g/mol. The van der Waals surface area contributed by atoms with Gasteiger partial charge in [-0.25, -0.2) is 0 Å². The van der Waals surface area contributed by atoms with Crippen LogP contribution in [0.25, 0.3) is 10.9 Å². The Morgan fingerprint density at radius 1 is 1.38 bits per heavy atom. The van der Waals surface area contributed by atoms with Crippen molar-refractivity contribution in [2.45, 2.75) is 18.6 Å². The summed E-state index contributed by atoms with van der Waals surface area (Å²) in [5.41, 5.74) is 1.83. The number of rotatable bonds is 2. The molecule has 1 aliphatic heterocycles. The van der Waals surface area contributed by atoms with Crippen molar-refractivity contribution in [3.8, 4) is 5.75 Å². The number of aromatic amines is 1. The van der Waals surface area contributed by atoms with Crippen molar-refractivity contribution in [3.63, 3.8) is 0 Å². The minimum atomic E-state index is -0.964. The van der Waals surface area contributed by atoms with Gasteiger partial charge in [-0.3, -0.25) is 9.69 Å². The van der Waals surface area contributed by atoms with E-state index >= 15 is 0 Å². The van der Waals surface area contributed by atoms with Gasteiger partial charge in [0.2, 0.25) is 0 Å². The Bertz CT molecular complexity index is 681. The van der Waals surface area contributed by atoms with Crippen molar-refractivity contribution in [3.05, 3.63) is 30.0 Å². The number of phenols is 1. The summed E-state index contributed by atoms with van der Waals surface area (Å²) in [5, 5.41) is 29.6. The molecule has 4 N–H and O–H groups in total. The van der Waals surface area contributed by atoms with E-state index in [1.165, 1.54) is 0 Å². The van der Waals surface area contributed by atoms with E-state index in [-0.39, 0.29) is 11.8 Å². The van der Waals surface area contributed by atoms with Gasteiger partial charge >= 0.3 is 5.97 Å². The molecule has 0 spiro atoms. The molecule has 2 heterocycles. The molecule has 2 aromatic rings. The summed E-state index contributed by atoms with van der Waals surface area (Å²) < 4.78 is 0. The zero-order valence-electron chi connectivity index (χ0n) is 11.7. The molecule has 0 bridgehead atoms. The van der Waals surface area contributed by atoms with E-state index in [1.54, 1.807) is 18.2 Å². The number of likely N-dealkylation sites (tertiary alicyclic amines) is 1. The van der Waals surface area contributed by atoms with E-state index in [1.807, 2.05) is 18.0 Å². The number of aliphatic hydroxyl groups is 1. The third kappa shape index (κ3) is 2.48. The predicted molar refractivity (Wildman–Crippen MR) is 77.1 cm³/mol. The third-order valence-corrected chi connectivity index (χ3v) is 4.25. The molecule has 1 aromatic heterocycles. The quantitative estimate of drug-likeness (QED) is 0.669. The number of aromatic nitrogens is 1. The number of nitrogens with one attached hydrogen (secondary N) is 1. The van der Waals surface area contributed by atoms with Gasteiger partial charge in [-0.15, -0.1) is 0 Å². The van der Waals surface area contributed by atoms with Gasteiger partial charge in [0.25, 0.3) is 0 Å². The largest absolute Gasteiger partial charge is 0.508 e. The molecule has 0 radical (unpaired) electrons. The van der Waals surface area contributed by atoms with E-state index < -0.39 is 18.0 Å². The number of H-pyrrole nitrogens is 1. The van der Waals surface area contributed by atoms with Crippen molar-refractivity contribution in [2.24, 2.45) is 5.92 Å². The van der Waals surface area contributed by atoms with E-state index in [0.717, 1.165) is 16.6 Å². The van der Waals surface area contributed by atoms with E-state index in [9.17, 15) is 15.0 Å². The van der Waals surface area contributed by atoms with Crippen molar-refractivity contribution >= 4 is 16.9 Å². The van der Waals surface area contributed by atoms with Crippen LogP contribution in [0.5, 0.6) is 5.75 Å². The molecule has 1 fully saturated rings. The minimum Gasteiger partial charge on any atom is -0.508 e. The SMILES string of the molecule is CN1CC(C(=O)O)C(O)CC1c1cc2cc(O)ccc2[nH]1. The number of phenolic OH excluding ortho intramolecular Hbond substituents is 1. The fourth-order valence-corrected chi connectivity index (χ4v) is 3.06. The van der Waals surface area contributed by atoms with Gasteiger partial charge in [0.05, 0.1) is 18.1 Å². The van der Waals surface area contributed by atoms with Crippen LogP contribution in [0.3, 0.4) is 0 Å². The molecule has 21 heavy (non-hydrogen) atoms. The standard InChI is InChI=1S/C15H18N2O4/c1-17-7-10(15(20)21)14(19)6-13(17)12-5-8-4-9(18)2-3-11(8)16-12/h2-5,10,13-14,16,18-19H,6-7H2,1H3,(H,20,21). The van der Waals surface area contributed by atoms with Crippen molar-refractivity contribution in [1.29, 1.82) is 0 Å². The molecule has 112 valence electrons. The highest BCUT2D eigenvalue weighted by Crippen LogP contribution is 2.34. The van der Waals surface area contributed by atoms with Gasteiger partial charge < -0.3 is 20.3 Å². The fraction of sp³-hybridized carbons (Fsp3) is 0.400. The van der Waals surface area contributed by atoms with Crippen LogP contribution in [-0.2, 0) is 4.79 Å². The molecule has 0 saturated carbocycles. The first-order chi connectivity index (χ1) is 9.95. The first-order valence-electron chi connectivity index (χ1n) is 6.88. The van der Waals surface area contributed by atoms with Gasteiger partial charge in [0.1, 0.15) is 5.75 Å². The lowest BCUT2D eigenvalue weighted by Crippen LogP contribution is -2.46. The molecule has 1 aromatic carbocycles. The Kier molecular flexibility index (Phi) is 3.35. The maximum atomic E-state index is 11.1. The molecule has 0 amide bonds. The number of aliphatic carboxylic acids is 1. The molecule has 6 nitrogen and oxygen atoms in total. The molecule has 0 aliphatic carbocycles. The summed E-state index contributed by atoms with van der Waals surface area (Å²) >= 11 is 0. The Morgan fingerprint density at radius 2 is 2.14 bits per heavy atom. The van der Waals surface area contributed by atoms with Crippen molar-refractivity contribution < 1.29 is 20.1 Å². The highest BCUT2D eigenvalue weighted by atomic mass is 16.4. The number of aromatic hydroxyl groups is 1. The maximum absolute atomic E-state index is 11.1. The number of piperidine rings is 1. The van der Waals surface area contributed by atoms with Gasteiger partial charge in [-0.05, 0) is 37.7 Å². The smallest absolute Gasteiger partial charge is 0.310 e. The zero-order valence-corrected chi connectivity index (χ0v) is 11.7. The van der Waals surface area contributed by atoms with Gasteiger partial charge in [-0.2, -0.15) is 0 Å². The molecule has 6 heteroatoms. The monoisotopic (exact) mass is 290 g/mol. The Labute approximate surface area is 121 Å². The summed E-state index contributed by atoms with van der Waals surface area (Å²) in [7, 11) is 1.86. The number of benzene rings is 1. The maximum Gasteiger partial charge on any atom is 0.310 e. The first-order valence-corrected chi connectivity index (χ1v) is 6.88. The fourth-order valence-electron chi connectivity index (χ4n) is 3.06. The molecule has 3 unspecified atom stereocenters. The molecule has 3 atom stereocenters. The van der Waals surface area contributed by atoms with Crippen LogP contribution in [0, 0.1) is 5.92 Å². The molecule has 1 aliphatic rings. The summed E-state index contributed by atoms with van der Waals surface area (Å²) in [4.78, 5) is 16.3. The highest BCUT2D eigenvalue weighted by molar-refractivity contribution is 5.82. The number of carboxylic acids is 1. The van der Waals surface area contributed by atoms with Crippen LogP contribution in [-0.4, -0.2) is 50.9 Å². The zero-order chi connectivity index (χ0) is 15.1. The highest BCUT2D eigenvalue weighted by Gasteiger charge is 2.38. The van der Waals surface area contributed by atoms with Crippen LogP contribution in [0.2, 0.25) is 0 Å². The minimum absolute atomic E-state index is 0.0647. The number of fused-ring (bicyclic) bond motifs is 1. The summed E-state index contributed by atoms with van der Waals surface area (Å²) in [5.74, 6) is -1.51. The van der Waals surface area contributed by atoms with Crippen LogP contribution >= 0.6 is 0 Å². The second kappa shape index (κ2) is 5.05. The van der Waals surface area contributed by atoms with Crippen LogP contribution < -0.4 is 0 Å². The average Bonchev–Trinajstić information content (AvgIpc) is 2.83.